The van der Waals surface area contributed by atoms with E-state index in [0.717, 1.165) is 17.7 Å². The van der Waals surface area contributed by atoms with Gasteiger partial charge in [0.05, 0.1) is 12.0 Å². The number of carbonyl (C=O) groups is 2. The van der Waals surface area contributed by atoms with Gasteiger partial charge in [-0.25, -0.2) is 0 Å². The highest BCUT2D eigenvalue weighted by Crippen LogP contribution is 2.42. The number of ether oxygens (including phenoxy) is 1. The van der Waals surface area contributed by atoms with E-state index >= 15 is 0 Å². The van der Waals surface area contributed by atoms with Crippen molar-refractivity contribution in [2.75, 3.05) is 19.7 Å². The first-order chi connectivity index (χ1) is 14.4. The van der Waals surface area contributed by atoms with E-state index in [2.05, 4.69) is 12.1 Å². The lowest BCUT2D eigenvalue weighted by Crippen LogP contribution is -2.48. The lowest BCUT2D eigenvalue weighted by atomic mass is 9.74. The largest absolute Gasteiger partial charge is 0.466 e. The number of rotatable bonds is 6. The van der Waals surface area contributed by atoms with Crippen LogP contribution in [-0.2, 0) is 20.7 Å². The minimum atomic E-state index is -0.675. The number of piperidine rings is 1. The number of nitrogens with zero attached hydrogens (tertiary/aromatic N) is 2. The average molecular weight is 411 g/mol. The molecule has 0 unspecified atom stereocenters. The van der Waals surface area contributed by atoms with Crippen LogP contribution >= 0.6 is 0 Å². The van der Waals surface area contributed by atoms with Gasteiger partial charge in [0.25, 0.3) is 0 Å². The van der Waals surface area contributed by atoms with E-state index in [1.165, 1.54) is 5.56 Å². The topological polar surface area (TPSA) is 72.6 Å². The number of aryl methyl sites for hydroxylation is 1. The van der Waals surface area contributed by atoms with Gasteiger partial charge in [0.2, 0.25) is 5.91 Å². The molecule has 1 aromatic heterocycles. The molecule has 160 valence electrons. The van der Waals surface area contributed by atoms with E-state index in [1.807, 2.05) is 49.1 Å². The molecule has 30 heavy (non-hydrogen) atoms. The summed E-state index contributed by atoms with van der Waals surface area (Å²) < 4.78 is 11.0. The summed E-state index contributed by atoms with van der Waals surface area (Å²) in [7, 11) is 0. The lowest BCUT2D eigenvalue weighted by Gasteiger charge is -2.39. The van der Waals surface area contributed by atoms with Gasteiger partial charge < -0.3 is 14.2 Å². The normalized spacial score (nSPS) is 22.6. The van der Waals surface area contributed by atoms with E-state index in [9.17, 15) is 9.59 Å². The van der Waals surface area contributed by atoms with E-state index in [-0.39, 0.29) is 17.8 Å². The van der Waals surface area contributed by atoms with Gasteiger partial charge in [0.1, 0.15) is 11.5 Å². The first-order valence-electron chi connectivity index (χ1n) is 10.9. The fourth-order valence-electron chi connectivity index (χ4n) is 4.38. The Labute approximate surface area is 177 Å². The number of hydrogen-bond acceptors (Lipinski definition) is 5. The second-order valence-electron chi connectivity index (χ2n) is 8.87. The SMILES string of the molecule is CCOC(=O)C1(Cc2cc(-c3ccc(C)cc3)no2)CCN(C(=O)[C@@H]2C[C@H]2C)CC1. The molecule has 6 nitrogen and oxygen atoms in total. The Morgan fingerprint density at radius 3 is 2.50 bits per heavy atom. The monoisotopic (exact) mass is 410 g/mol. The summed E-state index contributed by atoms with van der Waals surface area (Å²) >= 11 is 0. The number of amides is 1. The third-order valence-corrected chi connectivity index (χ3v) is 6.59. The highest BCUT2D eigenvalue weighted by atomic mass is 16.5. The average Bonchev–Trinajstić information content (AvgIpc) is 3.30. The Bertz CT molecular complexity index is 910. The van der Waals surface area contributed by atoms with Gasteiger partial charge in [-0.1, -0.05) is 41.9 Å². The van der Waals surface area contributed by atoms with Crippen LogP contribution in [0.4, 0.5) is 0 Å². The molecule has 4 rings (SSSR count). The molecule has 0 N–H and O–H groups in total. The summed E-state index contributed by atoms with van der Waals surface area (Å²) in [5, 5.41) is 4.21. The van der Waals surface area contributed by atoms with Crippen molar-refractivity contribution >= 4 is 11.9 Å². The lowest BCUT2D eigenvalue weighted by molar-refractivity contribution is -0.160. The number of aromatic nitrogens is 1. The Kier molecular flexibility index (Phi) is 5.67. The molecule has 0 spiro atoms. The first kappa shape index (κ1) is 20.6. The number of carbonyl (C=O) groups excluding carboxylic acids is 2. The molecular weight excluding hydrogens is 380 g/mol. The van der Waals surface area contributed by atoms with Crippen molar-refractivity contribution in [3.05, 3.63) is 41.7 Å². The van der Waals surface area contributed by atoms with Gasteiger partial charge in [-0.2, -0.15) is 0 Å². The Morgan fingerprint density at radius 1 is 1.23 bits per heavy atom. The maximum absolute atomic E-state index is 12.9. The van der Waals surface area contributed by atoms with Gasteiger partial charge in [0.15, 0.2) is 0 Å². The molecule has 2 heterocycles. The van der Waals surface area contributed by atoms with Crippen LogP contribution in [0, 0.1) is 24.2 Å². The first-order valence-corrected chi connectivity index (χ1v) is 10.9. The van der Waals surface area contributed by atoms with Crippen LogP contribution in [0.3, 0.4) is 0 Å². The third kappa shape index (κ3) is 4.13. The molecule has 1 saturated carbocycles. The van der Waals surface area contributed by atoms with Crippen molar-refractivity contribution in [2.24, 2.45) is 17.3 Å². The van der Waals surface area contributed by atoms with Gasteiger partial charge in [-0.05, 0) is 39.0 Å². The van der Waals surface area contributed by atoms with Gasteiger partial charge in [-0.3, -0.25) is 9.59 Å². The smallest absolute Gasteiger partial charge is 0.312 e. The van der Waals surface area contributed by atoms with E-state index < -0.39 is 5.41 Å². The molecule has 2 atom stereocenters. The van der Waals surface area contributed by atoms with Gasteiger partial charge >= 0.3 is 5.97 Å². The maximum Gasteiger partial charge on any atom is 0.312 e. The molecule has 6 heteroatoms. The zero-order chi connectivity index (χ0) is 21.3. The zero-order valence-corrected chi connectivity index (χ0v) is 18.0. The van der Waals surface area contributed by atoms with Crippen LogP contribution in [0.25, 0.3) is 11.3 Å². The fraction of sp³-hybridized carbons (Fsp3) is 0.542. The molecule has 1 amide bonds. The summed E-state index contributed by atoms with van der Waals surface area (Å²) in [5.41, 5.74) is 2.26. The summed E-state index contributed by atoms with van der Waals surface area (Å²) in [5.74, 6) is 1.37. The van der Waals surface area contributed by atoms with Gasteiger partial charge in [-0.15, -0.1) is 0 Å². The molecule has 2 fully saturated rings. The number of esters is 1. The maximum atomic E-state index is 12.9. The van der Waals surface area contributed by atoms with Crippen molar-refractivity contribution in [1.82, 2.24) is 10.1 Å². The predicted molar refractivity (Wildman–Crippen MR) is 113 cm³/mol. The minimum absolute atomic E-state index is 0.173. The van der Waals surface area contributed by atoms with Crippen molar-refractivity contribution in [2.45, 2.75) is 46.5 Å². The van der Waals surface area contributed by atoms with E-state index in [4.69, 9.17) is 9.26 Å². The van der Waals surface area contributed by atoms with Crippen molar-refractivity contribution < 1.29 is 18.8 Å². The molecule has 2 aliphatic rings. The molecule has 2 aromatic rings. The summed E-state index contributed by atoms with van der Waals surface area (Å²) in [6.45, 7) is 7.49. The number of hydrogen-bond donors (Lipinski definition) is 0. The summed E-state index contributed by atoms with van der Waals surface area (Å²) in [6.07, 6.45) is 2.59. The van der Waals surface area contributed by atoms with Crippen molar-refractivity contribution in [1.29, 1.82) is 0 Å². The molecule has 1 aliphatic carbocycles. The Morgan fingerprint density at radius 2 is 1.90 bits per heavy atom. The molecule has 0 bridgehead atoms. The van der Waals surface area contributed by atoms with Crippen LogP contribution in [0.5, 0.6) is 0 Å². The zero-order valence-electron chi connectivity index (χ0n) is 18.0. The molecule has 0 radical (unpaired) electrons. The van der Waals surface area contributed by atoms with E-state index in [1.54, 1.807) is 0 Å². The Balaban J connectivity index is 1.49. The minimum Gasteiger partial charge on any atom is -0.466 e. The van der Waals surface area contributed by atoms with Crippen LogP contribution in [0.15, 0.2) is 34.9 Å². The van der Waals surface area contributed by atoms with Crippen molar-refractivity contribution in [3.8, 4) is 11.3 Å². The van der Waals surface area contributed by atoms with Crippen LogP contribution in [0.2, 0.25) is 0 Å². The Hall–Kier alpha value is -2.63. The molecular formula is C24H30N2O4. The van der Waals surface area contributed by atoms with Crippen LogP contribution in [-0.4, -0.2) is 41.6 Å². The van der Waals surface area contributed by atoms with Crippen LogP contribution in [0.1, 0.15) is 44.4 Å². The molecule has 1 aliphatic heterocycles. The quantitative estimate of drug-likeness (QED) is 0.673. The third-order valence-electron chi connectivity index (χ3n) is 6.59. The number of likely N-dealkylation sites (tertiary alicyclic amines) is 1. The highest BCUT2D eigenvalue weighted by molar-refractivity contribution is 5.82. The summed E-state index contributed by atoms with van der Waals surface area (Å²) in [6, 6.07) is 10.0. The second-order valence-corrected chi connectivity index (χ2v) is 8.87. The molecule has 1 aromatic carbocycles. The number of benzene rings is 1. The standard InChI is InChI=1S/C24H30N2O4/c1-4-29-23(28)24(9-11-26(12-10-24)22(27)20-13-17(20)3)15-19-14-21(25-30-19)18-7-5-16(2)6-8-18/h5-8,14,17,20H,4,9-13,15H2,1-3H3/t17-,20-/m1/s1. The molecule has 1 saturated heterocycles. The van der Waals surface area contributed by atoms with E-state index in [0.29, 0.717) is 50.6 Å². The predicted octanol–water partition coefficient (Wildman–Crippen LogP) is 4.02. The van der Waals surface area contributed by atoms with Gasteiger partial charge in [0, 0.05) is 37.1 Å². The highest BCUT2D eigenvalue weighted by Gasteiger charge is 2.47. The second kappa shape index (κ2) is 8.25. The van der Waals surface area contributed by atoms with Crippen molar-refractivity contribution in [3.63, 3.8) is 0 Å². The van der Waals surface area contributed by atoms with Crippen LogP contribution < -0.4 is 0 Å². The fourth-order valence-corrected chi connectivity index (χ4v) is 4.38. The summed E-state index contributed by atoms with van der Waals surface area (Å²) in [4.78, 5) is 27.4.